The second kappa shape index (κ2) is 1.61. The Kier molecular flexibility index (Phi) is 1.10. The van der Waals surface area contributed by atoms with Crippen LogP contribution in [0, 0.1) is 6.54 Å². The summed E-state index contributed by atoms with van der Waals surface area (Å²) in [4.78, 5) is 2.11. The van der Waals surface area contributed by atoms with Gasteiger partial charge in [-0.25, -0.2) is 0 Å². The van der Waals surface area contributed by atoms with Crippen LogP contribution in [0.2, 0.25) is 0 Å². The van der Waals surface area contributed by atoms with E-state index >= 15 is 0 Å². The van der Waals surface area contributed by atoms with Gasteiger partial charge >= 0.3 is 0 Å². The molecule has 0 aromatic carbocycles. The standard InChI is InChI=1S/C5H9N/c1-6-4-2-3-5-6/h2-4H2,1H3. The molecule has 0 aromatic rings. The van der Waals surface area contributed by atoms with E-state index in [0.29, 0.717) is 0 Å². The van der Waals surface area contributed by atoms with Crippen LogP contribution in [0.4, 0.5) is 0 Å². The molecular weight excluding hydrogens is 74.1 g/mol. The zero-order valence-corrected chi connectivity index (χ0v) is 4.07. The number of hydrogen-bond donors (Lipinski definition) is 0. The minimum absolute atomic E-state index is 1.16. The van der Waals surface area contributed by atoms with Crippen LogP contribution >= 0.6 is 0 Å². The quantitative estimate of drug-likeness (QED) is 0.417. The normalized spacial score (nSPS) is 25.5. The van der Waals surface area contributed by atoms with Gasteiger partial charge in [-0.1, -0.05) is 0 Å². The van der Waals surface area contributed by atoms with E-state index in [2.05, 4.69) is 18.5 Å². The smallest absolute Gasteiger partial charge is 0.0613 e. The first kappa shape index (κ1) is 4.13. The van der Waals surface area contributed by atoms with Crippen molar-refractivity contribution >= 4 is 0 Å². The summed E-state index contributed by atoms with van der Waals surface area (Å²) in [7, 11) is 2.06. The van der Waals surface area contributed by atoms with Gasteiger partial charge in [-0.2, -0.15) is 0 Å². The fourth-order valence-corrected chi connectivity index (χ4v) is 0.665. The minimum atomic E-state index is 1.16. The van der Waals surface area contributed by atoms with E-state index in [1.54, 1.807) is 0 Å². The molecule has 1 nitrogen and oxygen atoms in total. The Balaban J connectivity index is 2.18. The summed E-state index contributed by atoms with van der Waals surface area (Å²) in [5.41, 5.74) is 0. The molecule has 0 bridgehead atoms. The topological polar surface area (TPSA) is 3.24 Å². The van der Waals surface area contributed by atoms with E-state index < -0.39 is 0 Å². The maximum absolute atomic E-state index is 3.15. The van der Waals surface area contributed by atoms with Crippen LogP contribution in [0.5, 0.6) is 0 Å². The van der Waals surface area contributed by atoms with Crippen molar-refractivity contribution in [3.8, 4) is 0 Å². The van der Waals surface area contributed by atoms with Gasteiger partial charge < -0.3 is 0 Å². The fraction of sp³-hybridized carbons (Fsp3) is 0.800. The summed E-state index contributed by atoms with van der Waals surface area (Å²) in [6, 6.07) is 0. The zero-order chi connectivity index (χ0) is 4.41. The van der Waals surface area contributed by atoms with E-state index in [0.717, 1.165) is 6.42 Å². The van der Waals surface area contributed by atoms with Crippen LogP contribution in [0.1, 0.15) is 12.8 Å². The maximum atomic E-state index is 3.15. The van der Waals surface area contributed by atoms with Crippen molar-refractivity contribution in [1.82, 2.24) is 4.90 Å². The van der Waals surface area contributed by atoms with Gasteiger partial charge in [0.25, 0.3) is 0 Å². The van der Waals surface area contributed by atoms with Crippen molar-refractivity contribution in [2.24, 2.45) is 0 Å². The largest absolute Gasteiger partial charge is 0.297 e. The van der Waals surface area contributed by atoms with Gasteiger partial charge in [0, 0.05) is 0 Å². The average molecular weight is 83.1 g/mol. The fourth-order valence-electron chi connectivity index (χ4n) is 0.665. The lowest BCUT2D eigenvalue weighted by Gasteiger charge is -1.99. The molecule has 0 aliphatic carbocycles. The Morgan fingerprint density at radius 1 is 1.67 bits per heavy atom. The van der Waals surface area contributed by atoms with Crippen LogP contribution in [0.25, 0.3) is 0 Å². The molecule has 6 heavy (non-hydrogen) atoms. The highest BCUT2D eigenvalue weighted by Gasteiger charge is 2.04. The van der Waals surface area contributed by atoms with E-state index in [4.69, 9.17) is 0 Å². The SMILES string of the molecule is CN1[C]CCC1. The van der Waals surface area contributed by atoms with Crippen LogP contribution in [-0.2, 0) is 0 Å². The van der Waals surface area contributed by atoms with Crippen LogP contribution in [-0.4, -0.2) is 18.5 Å². The first-order valence-corrected chi connectivity index (χ1v) is 2.34. The number of hydrogen-bond acceptors (Lipinski definition) is 1. The average Bonchev–Trinajstić information content (AvgIpc) is 1.86. The number of likely N-dealkylation sites (tertiary alicyclic amines) is 1. The highest BCUT2D eigenvalue weighted by Crippen LogP contribution is 2.07. The van der Waals surface area contributed by atoms with Gasteiger partial charge in [-0.05, 0) is 26.4 Å². The second-order valence-electron chi connectivity index (χ2n) is 1.68. The maximum Gasteiger partial charge on any atom is 0.0613 e. The minimum Gasteiger partial charge on any atom is -0.297 e. The van der Waals surface area contributed by atoms with Crippen LogP contribution in [0.15, 0.2) is 0 Å². The lowest BCUT2D eigenvalue weighted by atomic mass is 10.4. The van der Waals surface area contributed by atoms with Crippen molar-refractivity contribution in [2.75, 3.05) is 13.6 Å². The zero-order valence-electron chi connectivity index (χ0n) is 4.07. The van der Waals surface area contributed by atoms with Crippen molar-refractivity contribution in [2.45, 2.75) is 12.8 Å². The Labute approximate surface area is 39.0 Å². The van der Waals surface area contributed by atoms with E-state index in [1.807, 2.05) is 0 Å². The number of nitrogens with zero attached hydrogens (tertiary/aromatic N) is 1. The molecule has 0 unspecified atom stereocenters. The summed E-state index contributed by atoms with van der Waals surface area (Å²) in [5, 5.41) is 0. The van der Waals surface area contributed by atoms with Gasteiger partial charge in [0.2, 0.25) is 0 Å². The highest BCUT2D eigenvalue weighted by atomic mass is 15.1. The monoisotopic (exact) mass is 83.1 g/mol. The van der Waals surface area contributed by atoms with Crippen molar-refractivity contribution in [3.63, 3.8) is 0 Å². The molecule has 0 atom stereocenters. The van der Waals surface area contributed by atoms with E-state index in [1.165, 1.54) is 13.0 Å². The molecule has 1 aliphatic heterocycles. The summed E-state index contributed by atoms with van der Waals surface area (Å²) in [6.45, 7) is 4.36. The second-order valence-corrected chi connectivity index (χ2v) is 1.68. The van der Waals surface area contributed by atoms with Crippen molar-refractivity contribution in [3.05, 3.63) is 6.54 Å². The molecule has 1 aliphatic rings. The lowest BCUT2D eigenvalue weighted by molar-refractivity contribution is 0.474. The van der Waals surface area contributed by atoms with E-state index in [9.17, 15) is 0 Å². The molecule has 0 saturated carbocycles. The third-order valence-corrected chi connectivity index (χ3v) is 1.05. The molecule has 0 spiro atoms. The Hall–Kier alpha value is -0.0400. The molecular formula is C5H9N. The Morgan fingerprint density at radius 2 is 2.50 bits per heavy atom. The summed E-state index contributed by atoms with van der Waals surface area (Å²) in [5.74, 6) is 0. The molecule has 1 heterocycles. The Morgan fingerprint density at radius 3 is 2.67 bits per heavy atom. The third kappa shape index (κ3) is 0.716. The van der Waals surface area contributed by atoms with Crippen molar-refractivity contribution in [1.29, 1.82) is 0 Å². The van der Waals surface area contributed by atoms with Gasteiger partial charge in [0.1, 0.15) is 0 Å². The highest BCUT2D eigenvalue weighted by molar-refractivity contribution is 4.72. The van der Waals surface area contributed by atoms with Crippen LogP contribution in [0.3, 0.4) is 0 Å². The molecule has 2 radical (unpaired) electrons. The number of rotatable bonds is 0. The van der Waals surface area contributed by atoms with Gasteiger partial charge in [0.15, 0.2) is 0 Å². The molecule has 1 fully saturated rings. The summed E-state index contributed by atoms with van der Waals surface area (Å²) in [6.07, 6.45) is 2.47. The first-order chi connectivity index (χ1) is 2.89. The summed E-state index contributed by atoms with van der Waals surface area (Å²) < 4.78 is 0. The molecule has 34 valence electrons. The molecule has 0 aromatic heterocycles. The predicted molar refractivity (Wildman–Crippen MR) is 25.1 cm³/mol. The van der Waals surface area contributed by atoms with Crippen LogP contribution < -0.4 is 0 Å². The summed E-state index contributed by atoms with van der Waals surface area (Å²) >= 11 is 0. The third-order valence-electron chi connectivity index (χ3n) is 1.05. The molecule has 0 N–H and O–H groups in total. The van der Waals surface area contributed by atoms with Gasteiger partial charge in [0.05, 0.1) is 6.54 Å². The molecule has 1 rings (SSSR count). The van der Waals surface area contributed by atoms with Crippen molar-refractivity contribution < 1.29 is 0 Å². The molecule has 1 saturated heterocycles. The Bertz CT molecular complexity index is 37.2. The molecule has 0 amide bonds. The first-order valence-electron chi connectivity index (χ1n) is 2.34. The molecule has 1 heteroatoms. The lowest BCUT2D eigenvalue weighted by Crippen LogP contribution is -2.06. The van der Waals surface area contributed by atoms with Gasteiger partial charge in [-0.15, -0.1) is 0 Å². The van der Waals surface area contributed by atoms with Gasteiger partial charge in [-0.3, -0.25) is 4.90 Å². The van der Waals surface area contributed by atoms with E-state index in [-0.39, 0.29) is 0 Å². The predicted octanol–water partition coefficient (Wildman–Crippen LogP) is 0.751.